The van der Waals surface area contributed by atoms with Crippen LogP contribution in [0, 0.1) is 0 Å². The molecule has 0 spiro atoms. The molecule has 17 heavy (non-hydrogen) atoms. The first-order valence-corrected chi connectivity index (χ1v) is 7.33. The Morgan fingerprint density at radius 2 is 2.12 bits per heavy atom. The number of aromatic nitrogens is 1. The summed E-state index contributed by atoms with van der Waals surface area (Å²) in [6.07, 6.45) is 2.44. The van der Waals surface area contributed by atoms with E-state index in [0.29, 0.717) is 12.1 Å². The Balaban J connectivity index is 2.54. The Morgan fingerprint density at radius 1 is 1.41 bits per heavy atom. The molecule has 3 nitrogen and oxygen atoms in total. The zero-order valence-electron chi connectivity index (χ0n) is 11.7. The number of nitrogens with zero attached hydrogens (tertiary/aromatic N) is 2. The summed E-state index contributed by atoms with van der Waals surface area (Å²) in [6, 6.07) is 1.08. The van der Waals surface area contributed by atoms with Gasteiger partial charge in [-0.2, -0.15) is 0 Å². The van der Waals surface area contributed by atoms with E-state index in [-0.39, 0.29) is 0 Å². The van der Waals surface area contributed by atoms with Gasteiger partial charge in [-0.3, -0.25) is 0 Å². The summed E-state index contributed by atoms with van der Waals surface area (Å²) >= 11 is 1.74. The largest absolute Gasteiger partial charge is 0.348 e. The molecule has 4 heteroatoms. The molecule has 1 aromatic heterocycles. The maximum atomic E-state index is 4.67. The molecule has 0 aromatic carbocycles. The second-order valence-electron chi connectivity index (χ2n) is 4.91. The van der Waals surface area contributed by atoms with Gasteiger partial charge in [-0.25, -0.2) is 4.98 Å². The van der Waals surface area contributed by atoms with Crippen LogP contribution in [0.4, 0.5) is 5.13 Å². The predicted octanol–water partition coefficient (Wildman–Crippen LogP) is 3.27. The van der Waals surface area contributed by atoms with Gasteiger partial charge in [0.05, 0.1) is 5.69 Å². The van der Waals surface area contributed by atoms with Crippen molar-refractivity contribution in [2.24, 2.45) is 0 Å². The first kappa shape index (κ1) is 14.5. The van der Waals surface area contributed by atoms with Gasteiger partial charge in [0.1, 0.15) is 0 Å². The lowest BCUT2D eigenvalue weighted by Crippen LogP contribution is -2.28. The van der Waals surface area contributed by atoms with E-state index in [1.54, 1.807) is 11.3 Å². The van der Waals surface area contributed by atoms with Gasteiger partial charge in [0.2, 0.25) is 0 Å². The van der Waals surface area contributed by atoms with E-state index in [9.17, 15) is 0 Å². The molecule has 1 unspecified atom stereocenters. The summed E-state index contributed by atoms with van der Waals surface area (Å²) in [4.78, 5) is 6.95. The predicted molar refractivity (Wildman–Crippen MR) is 76.9 cm³/mol. The van der Waals surface area contributed by atoms with Gasteiger partial charge in [-0.05, 0) is 13.3 Å². The van der Waals surface area contributed by atoms with Gasteiger partial charge in [-0.1, -0.05) is 27.2 Å². The van der Waals surface area contributed by atoms with Crippen molar-refractivity contribution >= 4 is 16.5 Å². The van der Waals surface area contributed by atoms with Crippen LogP contribution in [0.1, 0.15) is 46.2 Å². The van der Waals surface area contributed by atoms with Gasteiger partial charge in [0.25, 0.3) is 0 Å². The standard InChI is InChI=1S/C13H25N3S/c1-6-7-11(4)16(5)13-15-12(9-17-13)8-14-10(2)3/h9-11,14H,6-8H2,1-5H3. The highest BCUT2D eigenvalue weighted by atomic mass is 32.1. The summed E-state index contributed by atoms with van der Waals surface area (Å²) in [5.74, 6) is 0. The van der Waals surface area contributed by atoms with Crippen molar-refractivity contribution in [1.82, 2.24) is 10.3 Å². The number of thiazole rings is 1. The third kappa shape index (κ3) is 4.64. The van der Waals surface area contributed by atoms with Gasteiger partial charge in [0.15, 0.2) is 5.13 Å². The molecule has 1 rings (SSSR count). The fourth-order valence-corrected chi connectivity index (χ4v) is 2.54. The summed E-state index contributed by atoms with van der Waals surface area (Å²) in [7, 11) is 2.14. The molecule has 0 aliphatic heterocycles. The average molecular weight is 255 g/mol. The number of nitrogens with one attached hydrogen (secondary N) is 1. The Morgan fingerprint density at radius 3 is 2.71 bits per heavy atom. The first-order chi connectivity index (χ1) is 8.04. The summed E-state index contributed by atoms with van der Waals surface area (Å²) in [5.41, 5.74) is 1.15. The molecule has 1 heterocycles. The zero-order valence-corrected chi connectivity index (χ0v) is 12.5. The molecular weight excluding hydrogens is 230 g/mol. The number of hydrogen-bond acceptors (Lipinski definition) is 4. The normalized spacial score (nSPS) is 13.1. The van der Waals surface area contributed by atoms with Crippen LogP contribution in [-0.4, -0.2) is 24.1 Å². The highest BCUT2D eigenvalue weighted by molar-refractivity contribution is 7.13. The Labute approximate surface area is 109 Å². The van der Waals surface area contributed by atoms with Crippen LogP contribution in [0.25, 0.3) is 0 Å². The SMILES string of the molecule is CCCC(C)N(C)c1nc(CNC(C)C)cs1. The summed E-state index contributed by atoms with van der Waals surface area (Å²) in [5, 5.41) is 6.68. The number of anilines is 1. The van der Waals surface area contributed by atoms with E-state index in [2.05, 4.69) is 55.3 Å². The van der Waals surface area contributed by atoms with Crippen molar-refractivity contribution in [2.45, 2.75) is 59.2 Å². The smallest absolute Gasteiger partial charge is 0.185 e. The lowest BCUT2D eigenvalue weighted by molar-refractivity contribution is 0.580. The van der Waals surface area contributed by atoms with E-state index in [1.165, 1.54) is 12.8 Å². The molecule has 0 aliphatic carbocycles. The van der Waals surface area contributed by atoms with Crippen LogP contribution in [0.3, 0.4) is 0 Å². The second-order valence-corrected chi connectivity index (χ2v) is 5.74. The van der Waals surface area contributed by atoms with Crippen LogP contribution in [0.2, 0.25) is 0 Å². The van der Waals surface area contributed by atoms with Crippen LogP contribution in [-0.2, 0) is 6.54 Å². The molecule has 1 aromatic rings. The van der Waals surface area contributed by atoms with Crippen molar-refractivity contribution in [1.29, 1.82) is 0 Å². The fraction of sp³-hybridized carbons (Fsp3) is 0.769. The van der Waals surface area contributed by atoms with E-state index in [4.69, 9.17) is 0 Å². The van der Waals surface area contributed by atoms with Crippen molar-refractivity contribution in [3.05, 3.63) is 11.1 Å². The highest BCUT2D eigenvalue weighted by Gasteiger charge is 2.12. The van der Waals surface area contributed by atoms with Gasteiger partial charge < -0.3 is 10.2 Å². The van der Waals surface area contributed by atoms with Gasteiger partial charge >= 0.3 is 0 Å². The lowest BCUT2D eigenvalue weighted by Gasteiger charge is -2.23. The van der Waals surface area contributed by atoms with E-state index >= 15 is 0 Å². The Bertz CT molecular complexity index is 322. The maximum Gasteiger partial charge on any atom is 0.185 e. The minimum Gasteiger partial charge on any atom is -0.348 e. The van der Waals surface area contributed by atoms with Gasteiger partial charge in [0, 0.05) is 31.1 Å². The fourth-order valence-electron chi connectivity index (χ4n) is 1.65. The van der Waals surface area contributed by atoms with E-state index in [0.717, 1.165) is 17.4 Å². The Hall–Kier alpha value is -0.610. The average Bonchev–Trinajstić information content (AvgIpc) is 2.74. The summed E-state index contributed by atoms with van der Waals surface area (Å²) < 4.78 is 0. The van der Waals surface area contributed by atoms with Gasteiger partial charge in [-0.15, -0.1) is 11.3 Å². The number of hydrogen-bond donors (Lipinski definition) is 1. The number of rotatable bonds is 7. The molecule has 0 bridgehead atoms. The Kier molecular flexibility index (Phi) is 5.92. The third-order valence-corrected chi connectivity index (χ3v) is 3.88. The third-order valence-electron chi connectivity index (χ3n) is 2.90. The molecule has 0 saturated heterocycles. The molecule has 0 saturated carbocycles. The van der Waals surface area contributed by atoms with E-state index < -0.39 is 0 Å². The van der Waals surface area contributed by atoms with Crippen molar-refractivity contribution in [2.75, 3.05) is 11.9 Å². The van der Waals surface area contributed by atoms with Crippen LogP contribution < -0.4 is 10.2 Å². The van der Waals surface area contributed by atoms with Crippen LogP contribution in [0.15, 0.2) is 5.38 Å². The molecule has 98 valence electrons. The molecule has 0 amide bonds. The minimum absolute atomic E-state index is 0.511. The second kappa shape index (κ2) is 6.97. The molecule has 0 aliphatic rings. The van der Waals surface area contributed by atoms with Crippen molar-refractivity contribution in [3.63, 3.8) is 0 Å². The molecular formula is C13H25N3S. The monoisotopic (exact) mass is 255 g/mol. The molecule has 1 atom stereocenters. The lowest BCUT2D eigenvalue weighted by atomic mass is 10.2. The zero-order chi connectivity index (χ0) is 12.8. The molecule has 1 N–H and O–H groups in total. The minimum atomic E-state index is 0.511. The molecule has 0 fully saturated rings. The maximum absolute atomic E-state index is 4.67. The first-order valence-electron chi connectivity index (χ1n) is 6.45. The van der Waals surface area contributed by atoms with E-state index in [1.807, 2.05) is 0 Å². The highest BCUT2D eigenvalue weighted by Crippen LogP contribution is 2.22. The van der Waals surface area contributed by atoms with Crippen LogP contribution in [0.5, 0.6) is 0 Å². The van der Waals surface area contributed by atoms with Crippen LogP contribution >= 0.6 is 11.3 Å². The van der Waals surface area contributed by atoms with Crippen molar-refractivity contribution in [3.8, 4) is 0 Å². The topological polar surface area (TPSA) is 28.2 Å². The molecule has 0 radical (unpaired) electrons. The van der Waals surface area contributed by atoms with Crippen molar-refractivity contribution < 1.29 is 0 Å². The quantitative estimate of drug-likeness (QED) is 0.810. The summed E-state index contributed by atoms with van der Waals surface area (Å²) in [6.45, 7) is 9.66.